The van der Waals surface area contributed by atoms with Crippen LogP contribution < -0.4 is 4.74 Å². The molecule has 0 unspecified atom stereocenters. The second-order valence-corrected chi connectivity index (χ2v) is 4.87. The summed E-state index contributed by atoms with van der Waals surface area (Å²) in [4.78, 5) is 0. The van der Waals surface area contributed by atoms with Crippen molar-refractivity contribution in [1.29, 1.82) is 0 Å². The molecule has 0 fully saturated rings. The van der Waals surface area contributed by atoms with Crippen LogP contribution in [0, 0.1) is 5.82 Å². The van der Waals surface area contributed by atoms with E-state index in [4.69, 9.17) is 4.74 Å². The van der Waals surface area contributed by atoms with E-state index in [1.54, 1.807) is 6.07 Å². The van der Waals surface area contributed by atoms with E-state index in [1.165, 1.54) is 13.2 Å². The van der Waals surface area contributed by atoms with Gasteiger partial charge < -0.3 is 9.84 Å². The molecule has 0 atom stereocenters. The molecule has 18 heavy (non-hydrogen) atoms. The van der Waals surface area contributed by atoms with Gasteiger partial charge in [-0.15, -0.1) is 0 Å². The Kier molecular flexibility index (Phi) is 5.60. The molecule has 0 bridgehead atoms. The van der Waals surface area contributed by atoms with E-state index in [1.807, 2.05) is 6.07 Å². The average molecular weight is 254 g/mol. The minimum absolute atomic E-state index is 0.244. The summed E-state index contributed by atoms with van der Waals surface area (Å²) in [7, 11) is 1.45. The molecule has 102 valence electrons. The van der Waals surface area contributed by atoms with E-state index < -0.39 is 5.60 Å². The monoisotopic (exact) mass is 254 g/mol. The molecule has 3 heteroatoms. The molecule has 1 N–H and O–H groups in total. The zero-order valence-corrected chi connectivity index (χ0v) is 11.5. The van der Waals surface area contributed by atoms with Crippen LogP contribution in [0.5, 0.6) is 5.75 Å². The van der Waals surface area contributed by atoms with E-state index >= 15 is 0 Å². The smallest absolute Gasteiger partial charge is 0.165 e. The van der Waals surface area contributed by atoms with Gasteiger partial charge in [0.25, 0.3) is 0 Å². The van der Waals surface area contributed by atoms with E-state index in [2.05, 4.69) is 13.8 Å². The fraction of sp³-hybridized carbons (Fsp3) is 0.600. The molecule has 0 aliphatic heterocycles. The summed E-state index contributed by atoms with van der Waals surface area (Å²) >= 11 is 0. The molecular weight excluding hydrogens is 231 g/mol. The Morgan fingerprint density at radius 1 is 1.22 bits per heavy atom. The van der Waals surface area contributed by atoms with Gasteiger partial charge in [0.05, 0.1) is 12.7 Å². The predicted molar refractivity (Wildman–Crippen MR) is 71.4 cm³/mol. The number of hydrogen-bond acceptors (Lipinski definition) is 2. The van der Waals surface area contributed by atoms with Gasteiger partial charge in [0, 0.05) is 6.42 Å². The van der Waals surface area contributed by atoms with Gasteiger partial charge in [0.1, 0.15) is 0 Å². The molecule has 0 spiro atoms. The van der Waals surface area contributed by atoms with E-state index in [0.717, 1.165) is 31.2 Å². The van der Waals surface area contributed by atoms with Gasteiger partial charge in [-0.05, 0) is 30.5 Å². The van der Waals surface area contributed by atoms with Crippen LogP contribution in [0.3, 0.4) is 0 Å². The van der Waals surface area contributed by atoms with Gasteiger partial charge in [0.2, 0.25) is 0 Å². The normalized spacial score (nSPS) is 11.6. The maximum Gasteiger partial charge on any atom is 0.165 e. The Labute approximate surface area is 109 Å². The zero-order valence-electron chi connectivity index (χ0n) is 11.5. The van der Waals surface area contributed by atoms with Gasteiger partial charge in [-0.25, -0.2) is 4.39 Å². The number of hydrogen-bond donors (Lipinski definition) is 1. The fourth-order valence-corrected chi connectivity index (χ4v) is 2.43. The Morgan fingerprint density at radius 2 is 1.83 bits per heavy atom. The molecule has 2 nitrogen and oxygen atoms in total. The Balaban J connectivity index is 2.83. The van der Waals surface area contributed by atoms with Crippen LogP contribution in [0.4, 0.5) is 4.39 Å². The Hall–Kier alpha value is -1.09. The molecule has 1 aromatic rings. The highest BCUT2D eigenvalue weighted by atomic mass is 19.1. The van der Waals surface area contributed by atoms with Crippen molar-refractivity contribution in [2.75, 3.05) is 7.11 Å². The lowest BCUT2D eigenvalue weighted by atomic mass is 9.86. The first-order valence-corrected chi connectivity index (χ1v) is 6.59. The molecule has 0 saturated heterocycles. The third kappa shape index (κ3) is 3.98. The second kappa shape index (κ2) is 6.74. The third-order valence-electron chi connectivity index (χ3n) is 3.18. The SMILES string of the molecule is CCCC(O)(CCC)Cc1ccc(OC)c(F)c1. The number of aliphatic hydroxyl groups is 1. The van der Waals surface area contributed by atoms with Crippen LogP contribution in [-0.4, -0.2) is 17.8 Å². The van der Waals surface area contributed by atoms with Crippen molar-refractivity contribution in [1.82, 2.24) is 0 Å². The third-order valence-corrected chi connectivity index (χ3v) is 3.18. The number of benzene rings is 1. The molecule has 0 aliphatic carbocycles. The summed E-state index contributed by atoms with van der Waals surface area (Å²) < 4.78 is 18.5. The number of halogens is 1. The van der Waals surface area contributed by atoms with Gasteiger partial charge >= 0.3 is 0 Å². The van der Waals surface area contributed by atoms with Crippen LogP contribution in [0.25, 0.3) is 0 Å². The molecule has 0 aromatic heterocycles. The summed E-state index contributed by atoms with van der Waals surface area (Å²) in [6.45, 7) is 4.10. The molecule has 1 rings (SSSR count). The van der Waals surface area contributed by atoms with Crippen LogP contribution >= 0.6 is 0 Å². The van der Waals surface area contributed by atoms with Crippen LogP contribution in [-0.2, 0) is 6.42 Å². The highest BCUT2D eigenvalue weighted by Crippen LogP contribution is 2.26. The summed E-state index contributed by atoms with van der Waals surface area (Å²) in [5, 5.41) is 10.5. The van der Waals surface area contributed by atoms with Crippen molar-refractivity contribution in [2.24, 2.45) is 0 Å². The minimum Gasteiger partial charge on any atom is -0.494 e. The lowest BCUT2D eigenvalue weighted by molar-refractivity contribution is 0.0215. The van der Waals surface area contributed by atoms with Crippen molar-refractivity contribution in [3.8, 4) is 5.75 Å². The van der Waals surface area contributed by atoms with Gasteiger partial charge in [-0.2, -0.15) is 0 Å². The van der Waals surface area contributed by atoms with Gasteiger partial charge in [0.15, 0.2) is 11.6 Å². The topological polar surface area (TPSA) is 29.5 Å². The van der Waals surface area contributed by atoms with E-state index in [9.17, 15) is 9.50 Å². The standard InChI is InChI=1S/C15H23FO2/c1-4-8-15(17,9-5-2)11-12-6-7-14(18-3)13(16)10-12/h6-7,10,17H,4-5,8-9,11H2,1-3H3. The van der Waals surface area contributed by atoms with Crippen molar-refractivity contribution in [3.05, 3.63) is 29.6 Å². The molecule has 1 aromatic carbocycles. The summed E-state index contributed by atoms with van der Waals surface area (Å²) in [6, 6.07) is 4.89. The fourth-order valence-electron chi connectivity index (χ4n) is 2.43. The number of ether oxygens (including phenoxy) is 1. The molecule has 0 heterocycles. The lowest BCUT2D eigenvalue weighted by Gasteiger charge is -2.27. The molecule has 0 saturated carbocycles. The van der Waals surface area contributed by atoms with Crippen LogP contribution in [0.15, 0.2) is 18.2 Å². The van der Waals surface area contributed by atoms with Crippen LogP contribution in [0.1, 0.15) is 45.1 Å². The summed E-state index contributed by atoms with van der Waals surface area (Å²) in [5.74, 6) is -0.126. The Bertz CT molecular complexity index is 371. The van der Waals surface area contributed by atoms with Gasteiger partial charge in [-0.1, -0.05) is 32.8 Å². The maximum absolute atomic E-state index is 13.6. The highest BCUT2D eigenvalue weighted by Gasteiger charge is 2.25. The molecule has 0 aliphatic rings. The zero-order chi connectivity index (χ0) is 13.6. The van der Waals surface area contributed by atoms with Gasteiger partial charge in [-0.3, -0.25) is 0 Å². The van der Waals surface area contributed by atoms with Crippen LogP contribution in [0.2, 0.25) is 0 Å². The second-order valence-electron chi connectivity index (χ2n) is 4.87. The van der Waals surface area contributed by atoms with Crippen molar-refractivity contribution >= 4 is 0 Å². The van der Waals surface area contributed by atoms with E-state index in [-0.39, 0.29) is 11.6 Å². The average Bonchev–Trinajstić information content (AvgIpc) is 2.29. The number of rotatable bonds is 7. The minimum atomic E-state index is -0.718. The molecule has 0 amide bonds. The maximum atomic E-state index is 13.6. The lowest BCUT2D eigenvalue weighted by Crippen LogP contribution is -2.31. The largest absolute Gasteiger partial charge is 0.494 e. The van der Waals surface area contributed by atoms with Crippen molar-refractivity contribution in [3.63, 3.8) is 0 Å². The number of methoxy groups -OCH3 is 1. The van der Waals surface area contributed by atoms with Crippen molar-refractivity contribution in [2.45, 2.75) is 51.6 Å². The first-order valence-electron chi connectivity index (χ1n) is 6.59. The first kappa shape index (κ1) is 15.0. The quantitative estimate of drug-likeness (QED) is 0.803. The first-order chi connectivity index (χ1) is 8.54. The summed E-state index contributed by atoms with van der Waals surface area (Å²) in [6.07, 6.45) is 3.84. The Morgan fingerprint density at radius 3 is 2.28 bits per heavy atom. The highest BCUT2D eigenvalue weighted by molar-refractivity contribution is 5.30. The van der Waals surface area contributed by atoms with E-state index in [0.29, 0.717) is 6.42 Å². The van der Waals surface area contributed by atoms with Crippen molar-refractivity contribution < 1.29 is 14.2 Å². The molecular formula is C15H23FO2. The predicted octanol–water partition coefficient (Wildman–Crippen LogP) is 3.71. The summed E-state index contributed by atoms with van der Waals surface area (Å²) in [5.41, 5.74) is 0.0996. The molecule has 0 radical (unpaired) electrons.